The van der Waals surface area contributed by atoms with Crippen LogP contribution in [0.15, 0.2) is 29.3 Å². The summed E-state index contributed by atoms with van der Waals surface area (Å²) in [6.45, 7) is 3.55. The first-order chi connectivity index (χ1) is 6.33. The Morgan fingerprint density at radius 3 is 3.08 bits per heavy atom. The van der Waals surface area contributed by atoms with Crippen LogP contribution in [0.25, 0.3) is 0 Å². The number of isothiocyanates is 1. The molecule has 0 aromatic heterocycles. The Kier molecular flexibility index (Phi) is 4.16. The van der Waals surface area contributed by atoms with Crippen LogP contribution in [0.4, 0.5) is 5.69 Å². The van der Waals surface area contributed by atoms with Gasteiger partial charge in [-0.1, -0.05) is 12.1 Å². The Morgan fingerprint density at radius 1 is 1.54 bits per heavy atom. The van der Waals surface area contributed by atoms with Crippen molar-refractivity contribution in [3.63, 3.8) is 0 Å². The second-order valence-corrected chi connectivity index (χ2v) is 2.95. The molecule has 0 aliphatic carbocycles. The molecule has 13 heavy (non-hydrogen) atoms. The average Bonchev–Trinajstić information content (AvgIpc) is 2.13. The number of aliphatic imine (C=N–C) groups is 1. The lowest BCUT2D eigenvalue weighted by molar-refractivity contribution is 1.03. The minimum Gasteiger partial charge on any atom is -0.383 e. The van der Waals surface area contributed by atoms with Gasteiger partial charge in [0.25, 0.3) is 0 Å². The smallest absolute Gasteiger partial charge is 0.0665 e. The molecule has 0 saturated heterocycles. The zero-order valence-corrected chi connectivity index (χ0v) is 8.40. The maximum Gasteiger partial charge on any atom is 0.0665 e. The minimum absolute atomic E-state index is 0.678. The topological polar surface area (TPSA) is 24.4 Å². The van der Waals surface area contributed by atoms with Crippen LogP contribution in [0, 0.1) is 6.92 Å². The molecule has 0 amide bonds. The quantitative estimate of drug-likeness (QED) is 0.450. The molecule has 0 fully saturated rings. The highest BCUT2D eigenvalue weighted by molar-refractivity contribution is 7.78. The molecule has 1 rings (SSSR count). The van der Waals surface area contributed by atoms with Gasteiger partial charge in [0.2, 0.25) is 0 Å². The Labute approximate surface area is 83.7 Å². The van der Waals surface area contributed by atoms with Crippen LogP contribution in [0.5, 0.6) is 0 Å². The van der Waals surface area contributed by atoms with E-state index < -0.39 is 0 Å². The number of nitrogens with zero attached hydrogens (tertiary/aromatic N) is 1. The predicted octanol–water partition coefficient (Wildman–Crippen LogP) is 2.51. The molecule has 2 nitrogen and oxygen atoms in total. The van der Waals surface area contributed by atoms with Crippen LogP contribution >= 0.6 is 12.2 Å². The van der Waals surface area contributed by atoms with Gasteiger partial charge in [0.1, 0.15) is 0 Å². The zero-order chi connectivity index (χ0) is 9.52. The molecule has 0 spiro atoms. The lowest BCUT2D eigenvalue weighted by atomic mass is 10.2. The van der Waals surface area contributed by atoms with Crippen molar-refractivity contribution in [3.05, 3.63) is 29.8 Å². The summed E-state index contributed by atoms with van der Waals surface area (Å²) in [6, 6.07) is 8.23. The number of hydrogen-bond acceptors (Lipinski definition) is 3. The summed E-state index contributed by atoms with van der Waals surface area (Å²) in [4.78, 5) is 3.81. The second-order valence-electron chi connectivity index (χ2n) is 2.77. The Morgan fingerprint density at radius 2 is 2.38 bits per heavy atom. The molecule has 1 N–H and O–H groups in total. The van der Waals surface area contributed by atoms with E-state index in [1.165, 1.54) is 5.56 Å². The summed E-state index contributed by atoms with van der Waals surface area (Å²) in [5.41, 5.74) is 2.38. The molecule has 1 aromatic carbocycles. The molecule has 0 bridgehead atoms. The monoisotopic (exact) mass is 192 g/mol. The first kappa shape index (κ1) is 9.90. The van der Waals surface area contributed by atoms with Crippen molar-refractivity contribution >= 4 is 23.1 Å². The van der Waals surface area contributed by atoms with Gasteiger partial charge >= 0.3 is 0 Å². The van der Waals surface area contributed by atoms with Crippen LogP contribution in [0.1, 0.15) is 5.56 Å². The summed E-state index contributed by atoms with van der Waals surface area (Å²) in [6.07, 6.45) is 0. The van der Waals surface area contributed by atoms with Gasteiger partial charge in [0, 0.05) is 12.2 Å². The van der Waals surface area contributed by atoms with Crippen molar-refractivity contribution in [1.29, 1.82) is 0 Å². The van der Waals surface area contributed by atoms with Crippen LogP contribution in [-0.2, 0) is 0 Å². The van der Waals surface area contributed by atoms with E-state index in [0.29, 0.717) is 6.54 Å². The third-order valence-corrected chi connectivity index (χ3v) is 1.76. The van der Waals surface area contributed by atoms with Crippen molar-refractivity contribution in [2.45, 2.75) is 6.92 Å². The third kappa shape index (κ3) is 3.83. The molecular weight excluding hydrogens is 180 g/mol. The van der Waals surface area contributed by atoms with E-state index in [1.807, 2.05) is 12.1 Å². The van der Waals surface area contributed by atoms with Crippen molar-refractivity contribution < 1.29 is 0 Å². The molecule has 0 radical (unpaired) electrons. The van der Waals surface area contributed by atoms with E-state index in [0.717, 1.165) is 12.2 Å². The van der Waals surface area contributed by atoms with E-state index in [1.54, 1.807) is 0 Å². The standard InChI is InChI=1S/C10H12N2S/c1-9-3-2-4-10(7-9)12-6-5-11-8-13/h2-4,7,12H,5-6H2,1H3. The first-order valence-corrected chi connectivity index (χ1v) is 4.58. The largest absolute Gasteiger partial charge is 0.383 e. The lowest BCUT2D eigenvalue weighted by Gasteiger charge is -2.03. The number of nitrogens with one attached hydrogen (secondary N) is 1. The lowest BCUT2D eigenvalue weighted by Crippen LogP contribution is -2.04. The van der Waals surface area contributed by atoms with Crippen molar-refractivity contribution in [2.24, 2.45) is 4.99 Å². The highest BCUT2D eigenvalue weighted by atomic mass is 32.1. The van der Waals surface area contributed by atoms with Gasteiger partial charge in [-0.15, -0.1) is 0 Å². The number of hydrogen-bond donors (Lipinski definition) is 1. The van der Waals surface area contributed by atoms with E-state index in [2.05, 4.69) is 46.7 Å². The van der Waals surface area contributed by atoms with Gasteiger partial charge in [0.15, 0.2) is 0 Å². The summed E-state index contributed by atoms with van der Waals surface area (Å²) in [5, 5.41) is 5.57. The second kappa shape index (κ2) is 5.46. The number of anilines is 1. The number of thiocarbonyl (C=S) groups is 1. The molecule has 0 heterocycles. The third-order valence-electron chi connectivity index (χ3n) is 1.64. The molecule has 0 aliphatic heterocycles. The highest BCUT2D eigenvalue weighted by Gasteiger charge is 1.89. The maximum atomic E-state index is 4.46. The zero-order valence-electron chi connectivity index (χ0n) is 7.58. The highest BCUT2D eigenvalue weighted by Crippen LogP contribution is 2.08. The van der Waals surface area contributed by atoms with Crippen LogP contribution in [0.3, 0.4) is 0 Å². The van der Waals surface area contributed by atoms with Gasteiger partial charge in [-0.2, -0.15) is 0 Å². The van der Waals surface area contributed by atoms with E-state index in [4.69, 9.17) is 0 Å². The van der Waals surface area contributed by atoms with Gasteiger partial charge in [-0.3, -0.25) is 0 Å². The van der Waals surface area contributed by atoms with Crippen molar-refractivity contribution in [2.75, 3.05) is 18.4 Å². The Bertz CT molecular complexity index is 316. The van der Waals surface area contributed by atoms with Crippen molar-refractivity contribution in [1.82, 2.24) is 0 Å². The van der Waals surface area contributed by atoms with Gasteiger partial charge in [-0.25, -0.2) is 4.99 Å². The molecule has 3 heteroatoms. The summed E-state index contributed by atoms with van der Waals surface area (Å²) in [5.74, 6) is 0. The van der Waals surface area contributed by atoms with Crippen LogP contribution in [-0.4, -0.2) is 18.3 Å². The SMILES string of the molecule is Cc1cccc(NCCN=C=S)c1. The summed E-state index contributed by atoms with van der Waals surface area (Å²) < 4.78 is 0. The first-order valence-electron chi connectivity index (χ1n) is 4.17. The Hall–Kier alpha value is -1.18. The minimum atomic E-state index is 0.678. The summed E-state index contributed by atoms with van der Waals surface area (Å²) >= 11 is 4.46. The molecule has 0 unspecified atom stereocenters. The molecule has 1 aromatic rings. The van der Waals surface area contributed by atoms with E-state index in [-0.39, 0.29) is 0 Å². The number of benzene rings is 1. The summed E-state index contributed by atoms with van der Waals surface area (Å²) in [7, 11) is 0. The van der Waals surface area contributed by atoms with Crippen LogP contribution < -0.4 is 5.32 Å². The van der Waals surface area contributed by atoms with Crippen molar-refractivity contribution in [3.8, 4) is 0 Å². The van der Waals surface area contributed by atoms with Gasteiger partial charge < -0.3 is 5.32 Å². The molecule has 0 aliphatic rings. The van der Waals surface area contributed by atoms with E-state index in [9.17, 15) is 0 Å². The average molecular weight is 192 g/mol. The molecular formula is C10H12N2S. The fourth-order valence-electron chi connectivity index (χ4n) is 1.06. The van der Waals surface area contributed by atoms with E-state index >= 15 is 0 Å². The van der Waals surface area contributed by atoms with Gasteiger partial charge in [-0.05, 0) is 36.8 Å². The number of rotatable bonds is 4. The normalized spacial score (nSPS) is 9.00. The maximum absolute atomic E-state index is 4.46. The molecule has 0 saturated carbocycles. The molecule has 68 valence electrons. The fraction of sp³-hybridized carbons (Fsp3) is 0.300. The number of aryl methyl sites for hydroxylation is 1. The molecule has 0 atom stereocenters. The fourth-order valence-corrected chi connectivity index (χ4v) is 1.15. The predicted molar refractivity (Wildman–Crippen MR) is 59.6 cm³/mol. The van der Waals surface area contributed by atoms with Crippen LogP contribution in [0.2, 0.25) is 0 Å². The van der Waals surface area contributed by atoms with Gasteiger partial charge in [0.05, 0.1) is 11.7 Å². The Balaban J connectivity index is 2.40.